The minimum absolute atomic E-state index is 0. The van der Waals surface area contributed by atoms with E-state index >= 15 is 0 Å². The Morgan fingerprint density at radius 3 is 2.48 bits per heavy atom. The number of morpholine rings is 1. The molecule has 0 amide bonds. The van der Waals surface area contributed by atoms with Gasteiger partial charge in [0.15, 0.2) is 5.96 Å². The second kappa shape index (κ2) is 11.7. The van der Waals surface area contributed by atoms with Crippen molar-refractivity contribution in [1.29, 1.82) is 0 Å². The summed E-state index contributed by atoms with van der Waals surface area (Å²) in [5.41, 5.74) is 2.65. The SMILES string of the molecule is CN=C(NCC(C)C)NCC(c1cccc(C)c1)N1CCOCC1.I. The van der Waals surface area contributed by atoms with Gasteiger partial charge in [0, 0.05) is 33.2 Å². The lowest BCUT2D eigenvalue weighted by Crippen LogP contribution is -2.46. The third kappa shape index (κ3) is 7.50. The maximum Gasteiger partial charge on any atom is 0.191 e. The van der Waals surface area contributed by atoms with Gasteiger partial charge in [-0.3, -0.25) is 9.89 Å². The molecule has 1 aromatic carbocycles. The van der Waals surface area contributed by atoms with Crippen LogP contribution in [0.2, 0.25) is 0 Å². The van der Waals surface area contributed by atoms with Gasteiger partial charge in [0.2, 0.25) is 0 Å². The largest absolute Gasteiger partial charge is 0.379 e. The molecule has 1 aromatic rings. The van der Waals surface area contributed by atoms with Crippen LogP contribution in [0.25, 0.3) is 0 Å². The molecule has 2 N–H and O–H groups in total. The number of ether oxygens (including phenoxy) is 1. The van der Waals surface area contributed by atoms with Crippen molar-refractivity contribution in [3.8, 4) is 0 Å². The van der Waals surface area contributed by atoms with E-state index in [-0.39, 0.29) is 24.0 Å². The van der Waals surface area contributed by atoms with Crippen molar-refractivity contribution in [2.75, 3.05) is 46.4 Å². The molecule has 1 saturated heterocycles. The normalized spacial score (nSPS) is 17.1. The van der Waals surface area contributed by atoms with E-state index in [1.54, 1.807) is 0 Å². The standard InChI is InChI=1S/C19H32N4O.HI/c1-15(2)13-21-19(20-4)22-14-18(23-8-10-24-11-9-23)17-7-5-6-16(3)12-17;/h5-7,12,15,18H,8-11,13-14H2,1-4H3,(H2,20,21,22);1H. The Balaban J connectivity index is 0.00000312. The molecule has 0 radical (unpaired) electrons. The van der Waals surface area contributed by atoms with Gasteiger partial charge in [-0.2, -0.15) is 0 Å². The van der Waals surface area contributed by atoms with Gasteiger partial charge >= 0.3 is 0 Å². The highest BCUT2D eigenvalue weighted by atomic mass is 127. The predicted octanol–water partition coefficient (Wildman–Crippen LogP) is 2.81. The fourth-order valence-electron chi connectivity index (χ4n) is 2.94. The minimum Gasteiger partial charge on any atom is -0.379 e. The lowest BCUT2D eigenvalue weighted by molar-refractivity contribution is 0.0170. The predicted molar refractivity (Wildman–Crippen MR) is 116 cm³/mol. The second-order valence-corrected chi connectivity index (χ2v) is 6.81. The van der Waals surface area contributed by atoms with Crippen LogP contribution in [0.1, 0.15) is 31.0 Å². The molecule has 1 unspecified atom stereocenters. The Morgan fingerprint density at radius 2 is 1.88 bits per heavy atom. The van der Waals surface area contributed by atoms with E-state index in [0.717, 1.165) is 45.4 Å². The number of rotatable bonds is 6. The van der Waals surface area contributed by atoms with Crippen LogP contribution in [0.3, 0.4) is 0 Å². The number of hydrogen-bond donors (Lipinski definition) is 2. The number of guanidine groups is 1. The summed E-state index contributed by atoms with van der Waals surface area (Å²) in [5.74, 6) is 1.46. The number of nitrogens with one attached hydrogen (secondary N) is 2. The van der Waals surface area contributed by atoms with E-state index in [1.807, 2.05) is 7.05 Å². The number of hydrogen-bond acceptors (Lipinski definition) is 3. The van der Waals surface area contributed by atoms with Crippen molar-refractivity contribution < 1.29 is 4.74 Å². The molecule has 1 heterocycles. The number of benzene rings is 1. The molecule has 1 atom stereocenters. The van der Waals surface area contributed by atoms with E-state index in [9.17, 15) is 0 Å². The number of halogens is 1. The maximum absolute atomic E-state index is 5.52. The molecule has 0 bridgehead atoms. The van der Waals surface area contributed by atoms with Crippen molar-refractivity contribution in [2.45, 2.75) is 26.8 Å². The van der Waals surface area contributed by atoms with Gasteiger partial charge in [0.1, 0.15) is 0 Å². The van der Waals surface area contributed by atoms with Gasteiger partial charge in [0.25, 0.3) is 0 Å². The van der Waals surface area contributed by atoms with Crippen LogP contribution >= 0.6 is 24.0 Å². The molecule has 1 fully saturated rings. The molecular weight excluding hydrogens is 427 g/mol. The van der Waals surface area contributed by atoms with Crippen molar-refractivity contribution in [1.82, 2.24) is 15.5 Å². The number of aryl methyl sites for hydroxylation is 1. The molecule has 1 aliphatic heterocycles. The van der Waals surface area contributed by atoms with Gasteiger partial charge in [-0.15, -0.1) is 24.0 Å². The smallest absolute Gasteiger partial charge is 0.191 e. The van der Waals surface area contributed by atoms with Gasteiger partial charge in [-0.25, -0.2) is 0 Å². The Labute approximate surface area is 169 Å². The van der Waals surface area contributed by atoms with E-state index in [1.165, 1.54) is 11.1 Å². The van der Waals surface area contributed by atoms with Gasteiger partial charge in [-0.05, 0) is 18.4 Å². The number of nitrogens with zero attached hydrogens (tertiary/aromatic N) is 2. The molecule has 2 rings (SSSR count). The molecule has 142 valence electrons. The van der Waals surface area contributed by atoms with Crippen LogP contribution in [-0.4, -0.2) is 57.3 Å². The van der Waals surface area contributed by atoms with Gasteiger partial charge in [0.05, 0.1) is 19.3 Å². The number of aliphatic imine (C=N–C) groups is 1. The highest BCUT2D eigenvalue weighted by molar-refractivity contribution is 14.0. The molecule has 25 heavy (non-hydrogen) atoms. The van der Waals surface area contributed by atoms with Crippen LogP contribution in [0, 0.1) is 12.8 Å². The third-order valence-corrected chi connectivity index (χ3v) is 4.28. The molecule has 0 saturated carbocycles. The van der Waals surface area contributed by atoms with E-state index in [4.69, 9.17) is 4.74 Å². The summed E-state index contributed by atoms with van der Waals surface area (Å²) in [4.78, 5) is 6.84. The summed E-state index contributed by atoms with van der Waals surface area (Å²) < 4.78 is 5.52. The van der Waals surface area contributed by atoms with Crippen LogP contribution < -0.4 is 10.6 Å². The topological polar surface area (TPSA) is 48.9 Å². The molecule has 6 heteroatoms. The molecule has 0 spiro atoms. The molecule has 1 aliphatic rings. The fraction of sp³-hybridized carbons (Fsp3) is 0.632. The molecular formula is C19H33IN4O. The Bertz CT molecular complexity index is 530. The van der Waals surface area contributed by atoms with Crippen LogP contribution in [-0.2, 0) is 4.74 Å². The second-order valence-electron chi connectivity index (χ2n) is 6.81. The summed E-state index contributed by atoms with van der Waals surface area (Å²) in [6, 6.07) is 9.12. The first-order valence-electron chi connectivity index (χ1n) is 8.93. The molecule has 0 aliphatic carbocycles. The Kier molecular flexibility index (Phi) is 10.4. The van der Waals surface area contributed by atoms with Crippen molar-refractivity contribution in [3.63, 3.8) is 0 Å². The zero-order chi connectivity index (χ0) is 17.4. The zero-order valence-corrected chi connectivity index (χ0v) is 18.2. The van der Waals surface area contributed by atoms with Crippen LogP contribution in [0.15, 0.2) is 29.3 Å². The Hall–Kier alpha value is -0.860. The van der Waals surface area contributed by atoms with E-state index in [2.05, 4.69) is 65.6 Å². The fourth-order valence-corrected chi connectivity index (χ4v) is 2.94. The van der Waals surface area contributed by atoms with Gasteiger partial charge in [-0.1, -0.05) is 43.7 Å². The van der Waals surface area contributed by atoms with Crippen LogP contribution in [0.5, 0.6) is 0 Å². The lowest BCUT2D eigenvalue weighted by Gasteiger charge is -2.35. The van der Waals surface area contributed by atoms with E-state index < -0.39 is 0 Å². The highest BCUT2D eigenvalue weighted by Crippen LogP contribution is 2.22. The maximum atomic E-state index is 5.52. The summed E-state index contributed by atoms with van der Waals surface area (Å²) in [6.07, 6.45) is 0. The van der Waals surface area contributed by atoms with Crippen molar-refractivity contribution in [3.05, 3.63) is 35.4 Å². The summed E-state index contributed by atoms with van der Waals surface area (Å²) in [7, 11) is 1.83. The summed E-state index contributed by atoms with van der Waals surface area (Å²) in [5, 5.41) is 6.88. The van der Waals surface area contributed by atoms with Crippen LogP contribution in [0.4, 0.5) is 0 Å². The lowest BCUT2D eigenvalue weighted by atomic mass is 10.0. The Morgan fingerprint density at radius 1 is 1.20 bits per heavy atom. The highest BCUT2D eigenvalue weighted by Gasteiger charge is 2.23. The average molecular weight is 460 g/mol. The summed E-state index contributed by atoms with van der Waals surface area (Å²) >= 11 is 0. The summed E-state index contributed by atoms with van der Waals surface area (Å²) in [6.45, 7) is 11.9. The third-order valence-electron chi connectivity index (χ3n) is 4.28. The van der Waals surface area contributed by atoms with Crippen molar-refractivity contribution in [2.24, 2.45) is 10.9 Å². The van der Waals surface area contributed by atoms with Crippen molar-refractivity contribution >= 4 is 29.9 Å². The first-order valence-corrected chi connectivity index (χ1v) is 8.93. The average Bonchev–Trinajstić information content (AvgIpc) is 2.58. The quantitative estimate of drug-likeness (QED) is 0.390. The minimum atomic E-state index is 0. The first-order chi connectivity index (χ1) is 11.6. The van der Waals surface area contributed by atoms with E-state index in [0.29, 0.717) is 12.0 Å². The molecule has 5 nitrogen and oxygen atoms in total. The van der Waals surface area contributed by atoms with Gasteiger partial charge < -0.3 is 15.4 Å². The first kappa shape index (κ1) is 22.2. The zero-order valence-electron chi connectivity index (χ0n) is 15.9. The monoisotopic (exact) mass is 460 g/mol. The molecule has 0 aromatic heterocycles.